The van der Waals surface area contributed by atoms with Crippen LogP contribution in [0.1, 0.15) is 60.6 Å². The third-order valence-electron chi connectivity index (χ3n) is 6.92. The van der Waals surface area contributed by atoms with Gasteiger partial charge in [0.2, 0.25) is 10.0 Å². The first kappa shape index (κ1) is 24.7. The molecule has 0 aromatic heterocycles. The molecule has 2 fully saturated rings. The molecule has 184 valence electrons. The number of ether oxygens (including phenoxy) is 1. The Morgan fingerprint density at radius 3 is 2.44 bits per heavy atom. The van der Waals surface area contributed by atoms with Crippen molar-refractivity contribution in [1.29, 1.82) is 0 Å². The number of piperidine rings is 1. The standard InChI is InChI=1S/C26H35N3O4S/c1-19-7-12-24(34(31,32)29-13-5-4-6-20(29)2)18-25(19)26(30)27-21(3)22-8-10-23(11-9-22)28-14-16-33-17-15-28/h7-12,18,20-21H,4-6,13-17H2,1-3H3,(H,27,30). The van der Waals surface area contributed by atoms with Crippen molar-refractivity contribution >= 4 is 21.6 Å². The molecular weight excluding hydrogens is 450 g/mol. The maximum Gasteiger partial charge on any atom is 0.252 e. The number of sulfonamides is 1. The minimum absolute atomic E-state index is 0.0298. The fraction of sp³-hybridized carbons (Fsp3) is 0.500. The Labute approximate surface area is 203 Å². The second kappa shape index (κ2) is 10.5. The topological polar surface area (TPSA) is 79.0 Å². The molecule has 8 heteroatoms. The smallest absolute Gasteiger partial charge is 0.252 e. The Kier molecular flexibility index (Phi) is 7.60. The Balaban J connectivity index is 1.48. The fourth-order valence-electron chi connectivity index (χ4n) is 4.72. The van der Waals surface area contributed by atoms with Gasteiger partial charge in [-0.15, -0.1) is 0 Å². The van der Waals surface area contributed by atoms with Crippen molar-refractivity contribution in [2.75, 3.05) is 37.7 Å². The number of anilines is 1. The van der Waals surface area contributed by atoms with Crippen molar-refractivity contribution in [3.63, 3.8) is 0 Å². The van der Waals surface area contributed by atoms with Gasteiger partial charge in [-0.2, -0.15) is 4.31 Å². The molecule has 0 bridgehead atoms. The molecule has 0 radical (unpaired) electrons. The highest BCUT2D eigenvalue weighted by molar-refractivity contribution is 7.89. The Bertz CT molecular complexity index is 1110. The summed E-state index contributed by atoms with van der Waals surface area (Å²) in [5.41, 5.74) is 3.28. The number of hydrogen-bond acceptors (Lipinski definition) is 5. The van der Waals surface area contributed by atoms with Gasteiger partial charge in [-0.25, -0.2) is 8.42 Å². The third-order valence-corrected chi connectivity index (χ3v) is 8.93. The van der Waals surface area contributed by atoms with E-state index >= 15 is 0 Å². The Morgan fingerprint density at radius 1 is 1.06 bits per heavy atom. The van der Waals surface area contributed by atoms with Gasteiger partial charge in [-0.3, -0.25) is 4.79 Å². The molecule has 1 amide bonds. The number of rotatable bonds is 6. The number of aryl methyl sites for hydroxylation is 1. The van der Waals surface area contributed by atoms with Gasteiger partial charge in [0.05, 0.1) is 24.2 Å². The zero-order valence-electron chi connectivity index (χ0n) is 20.3. The molecule has 0 aliphatic carbocycles. The van der Waals surface area contributed by atoms with Crippen LogP contribution >= 0.6 is 0 Å². The van der Waals surface area contributed by atoms with E-state index in [0.717, 1.165) is 62.4 Å². The van der Waals surface area contributed by atoms with Gasteiger partial charge in [0.1, 0.15) is 0 Å². The van der Waals surface area contributed by atoms with E-state index in [1.807, 2.05) is 32.9 Å². The summed E-state index contributed by atoms with van der Waals surface area (Å²) < 4.78 is 33.5. The van der Waals surface area contributed by atoms with Crippen molar-refractivity contribution < 1.29 is 17.9 Å². The first-order valence-corrected chi connectivity index (χ1v) is 13.6. The van der Waals surface area contributed by atoms with Crippen LogP contribution in [0.3, 0.4) is 0 Å². The monoisotopic (exact) mass is 485 g/mol. The van der Waals surface area contributed by atoms with Gasteiger partial charge >= 0.3 is 0 Å². The highest BCUT2D eigenvalue weighted by Crippen LogP contribution is 2.27. The average Bonchev–Trinajstić information content (AvgIpc) is 2.85. The van der Waals surface area contributed by atoms with E-state index < -0.39 is 10.0 Å². The van der Waals surface area contributed by atoms with E-state index in [2.05, 4.69) is 22.3 Å². The molecule has 2 heterocycles. The van der Waals surface area contributed by atoms with Gasteiger partial charge in [0.15, 0.2) is 0 Å². The molecular formula is C26H35N3O4S. The van der Waals surface area contributed by atoms with E-state index in [4.69, 9.17) is 4.74 Å². The molecule has 34 heavy (non-hydrogen) atoms. The van der Waals surface area contributed by atoms with Crippen molar-refractivity contribution in [2.24, 2.45) is 0 Å². The zero-order chi connectivity index (χ0) is 24.3. The van der Waals surface area contributed by atoms with E-state index in [9.17, 15) is 13.2 Å². The molecule has 1 N–H and O–H groups in total. The minimum Gasteiger partial charge on any atom is -0.378 e. The van der Waals surface area contributed by atoms with Crippen LogP contribution in [0, 0.1) is 6.92 Å². The van der Waals surface area contributed by atoms with Crippen molar-refractivity contribution in [3.05, 3.63) is 59.2 Å². The number of amides is 1. The number of nitrogens with zero attached hydrogens (tertiary/aromatic N) is 2. The van der Waals surface area contributed by atoms with Crippen LogP contribution in [0.5, 0.6) is 0 Å². The number of carbonyl (C=O) groups excluding carboxylic acids is 1. The second-order valence-electron chi connectivity index (χ2n) is 9.32. The van der Waals surface area contributed by atoms with Crippen LogP contribution in [0.2, 0.25) is 0 Å². The highest BCUT2D eigenvalue weighted by Gasteiger charge is 2.31. The van der Waals surface area contributed by atoms with Crippen LogP contribution in [0.4, 0.5) is 5.69 Å². The summed E-state index contributed by atoms with van der Waals surface area (Å²) >= 11 is 0. The van der Waals surface area contributed by atoms with Gasteiger partial charge in [0, 0.05) is 36.9 Å². The summed E-state index contributed by atoms with van der Waals surface area (Å²) in [6.45, 7) is 9.46. The fourth-order valence-corrected chi connectivity index (χ4v) is 6.45. The number of carbonyl (C=O) groups is 1. The average molecular weight is 486 g/mol. The van der Waals surface area contributed by atoms with Crippen molar-refractivity contribution in [1.82, 2.24) is 9.62 Å². The molecule has 2 aliphatic heterocycles. The summed E-state index contributed by atoms with van der Waals surface area (Å²) in [6, 6.07) is 12.8. The van der Waals surface area contributed by atoms with E-state index in [1.165, 1.54) is 6.07 Å². The van der Waals surface area contributed by atoms with Gasteiger partial charge in [-0.05, 0) is 69.0 Å². The molecule has 7 nitrogen and oxygen atoms in total. The van der Waals surface area contributed by atoms with E-state index in [0.29, 0.717) is 12.1 Å². The maximum atomic E-state index is 13.3. The Hall–Kier alpha value is -2.42. The first-order valence-electron chi connectivity index (χ1n) is 12.1. The SMILES string of the molecule is Cc1ccc(S(=O)(=O)N2CCCCC2C)cc1C(=O)NC(C)c1ccc(N2CCOCC2)cc1. The van der Waals surface area contributed by atoms with E-state index in [1.54, 1.807) is 16.4 Å². The predicted octanol–water partition coefficient (Wildman–Crippen LogP) is 3.89. The lowest BCUT2D eigenvalue weighted by atomic mass is 10.0. The summed E-state index contributed by atoms with van der Waals surface area (Å²) in [5.74, 6) is -0.272. The molecule has 2 aromatic carbocycles. The largest absolute Gasteiger partial charge is 0.378 e. The molecule has 2 unspecified atom stereocenters. The number of benzene rings is 2. The number of nitrogens with one attached hydrogen (secondary N) is 1. The normalized spacial score (nSPS) is 20.7. The molecule has 2 saturated heterocycles. The first-order chi connectivity index (χ1) is 16.3. The van der Waals surface area contributed by atoms with Gasteiger partial charge < -0.3 is 15.0 Å². The lowest BCUT2D eigenvalue weighted by Crippen LogP contribution is -2.42. The van der Waals surface area contributed by atoms with Gasteiger partial charge in [-0.1, -0.05) is 24.6 Å². The summed E-state index contributed by atoms with van der Waals surface area (Å²) in [5, 5.41) is 3.04. The molecule has 2 aromatic rings. The molecule has 2 aliphatic rings. The molecule has 4 rings (SSSR count). The number of morpholine rings is 1. The Morgan fingerprint density at radius 2 is 1.76 bits per heavy atom. The van der Waals surface area contributed by atoms with Crippen LogP contribution in [0.15, 0.2) is 47.4 Å². The maximum absolute atomic E-state index is 13.3. The van der Waals surface area contributed by atoms with E-state index in [-0.39, 0.29) is 22.9 Å². The quantitative estimate of drug-likeness (QED) is 0.672. The lowest BCUT2D eigenvalue weighted by Gasteiger charge is -2.32. The van der Waals surface area contributed by atoms with Crippen LogP contribution in [-0.2, 0) is 14.8 Å². The summed E-state index contributed by atoms with van der Waals surface area (Å²) in [4.78, 5) is 15.6. The number of hydrogen-bond donors (Lipinski definition) is 1. The molecule has 2 atom stereocenters. The third kappa shape index (κ3) is 5.29. The van der Waals surface area contributed by atoms with Gasteiger partial charge in [0.25, 0.3) is 5.91 Å². The van der Waals surface area contributed by atoms with Crippen molar-refractivity contribution in [2.45, 2.75) is 57.0 Å². The van der Waals surface area contributed by atoms with Crippen LogP contribution < -0.4 is 10.2 Å². The minimum atomic E-state index is -3.64. The lowest BCUT2D eigenvalue weighted by molar-refractivity contribution is 0.0939. The second-order valence-corrected chi connectivity index (χ2v) is 11.2. The molecule has 0 saturated carbocycles. The summed E-state index contributed by atoms with van der Waals surface area (Å²) in [7, 11) is -3.64. The highest BCUT2D eigenvalue weighted by atomic mass is 32.2. The van der Waals surface area contributed by atoms with Crippen LogP contribution in [0.25, 0.3) is 0 Å². The predicted molar refractivity (Wildman–Crippen MR) is 134 cm³/mol. The molecule has 0 spiro atoms. The van der Waals surface area contributed by atoms with Crippen molar-refractivity contribution in [3.8, 4) is 0 Å². The zero-order valence-corrected chi connectivity index (χ0v) is 21.1. The van der Waals surface area contributed by atoms with Crippen LogP contribution in [-0.4, -0.2) is 57.5 Å². The summed E-state index contributed by atoms with van der Waals surface area (Å²) in [6.07, 6.45) is 2.77.